The average molecular weight is 433 g/mol. The number of amides is 1. The molecule has 9 heteroatoms. The lowest BCUT2D eigenvalue weighted by molar-refractivity contribution is 0.102. The predicted molar refractivity (Wildman–Crippen MR) is 119 cm³/mol. The number of ether oxygens (including phenoxy) is 2. The first kappa shape index (κ1) is 21.1. The Kier molecular flexibility index (Phi) is 6.18. The van der Waals surface area contributed by atoms with Gasteiger partial charge in [-0.2, -0.15) is 10.2 Å². The molecule has 0 saturated carbocycles. The van der Waals surface area contributed by atoms with Crippen molar-refractivity contribution >= 4 is 11.7 Å². The Bertz CT molecular complexity index is 1190. The van der Waals surface area contributed by atoms with Crippen LogP contribution >= 0.6 is 0 Å². The summed E-state index contributed by atoms with van der Waals surface area (Å²) in [5, 5.41) is 23.1. The summed E-state index contributed by atoms with van der Waals surface area (Å²) in [6, 6.07) is 15.9. The Morgan fingerprint density at radius 2 is 1.91 bits per heavy atom. The van der Waals surface area contributed by atoms with Crippen molar-refractivity contribution in [1.29, 1.82) is 0 Å². The van der Waals surface area contributed by atoms with Gasteiger partial charge >= 0.3 is 0 Å². The largest absolute Gasteiger partial charge is 0.488 e. The molecule has 2 aromatic carbocycles. The van der Waals surface area contributed by atoms with Crippen molar-refractivity contribution in [3.05, 3.63) is 72.6 Å². The molecule has 1 amide bonds. The number of hydrogen-bond donors (Lipinski definition) is 3. The Morgan fingerprint density at radius 3 is 2.56 bits per heavy atom. The minimum atomic E-state index is -0.439. The number of carbonyl (C=O) groups excluding carboxylic acids is 1. The van der Waals surface area contributed by atoms with Crippen LogP contribution in [0.1, 0.15) is 17.3 Å². The first-order chi connectivity index (χ1) is 15.5. The van der Waals surface area contributed by atoms with Crippen molar-refractivity contribution in [2.75, 3.05) is 11.9 Å². The molecule has 0 fully saturated rings. The monoisotopic (exact) mass is 433 g/mol. The topological polar surface area (TPSA) is 114 Å². The van der Waals surface area contributed by atoms with Crippen molar-refractivity contribution in [2.24, 2.45) is 7.05 Å². The molecule has 0 saturated heterocycles. The van der Waals surface area contributed by atoms with Crippen LogP contribution in [0.2, 0.25) is 0 Å². The Hall–Kier alpha value is -4.11. The van der Waals surface area contributed by atoms with Crippen LogP contribution < -0.4 is 14.8 Å². The molecular weight excluding hydrogens is 410 g/mol. The van der Waals surface area contributed by atoms with Gasteiger partial charge in [-0.05, 0) is 55.0 Å². The molecule has 3 N–H and O–H groups in total. The summed E-state index contributed by atoms with van der Waals surface area (Å²) in [5.74, 6) is 1.50. The number of aliphatic hydroxyl groups excluding tert-OH is 1. The van der Waals surface area contributed by atoms with Crippen LogP contribution in [-0.4, -0.2) is 43.7 Å². The number of benzene rings is 2. The molecule has 2 heterocycles. The Balaban J connectivity index is 1.57. The van der Waals surface area contributed by atoms with Crippen molar-refractivity contribution < 1.29 is 19.4 Å². The zero-order chi connectivity index (χ0) is 22.5. The predicted octanol–water partition coefficient (Wildman–Crippen LogP) is 3.61. The summed E-state index contributed by atoms with van der Waals surface area (Å²) in [5.41, 5.74) is 2.21. The number of hydrogen-bond acceptors (Lipinski definition) is 6. The molecule has 1 atom stereocenters. The van der Waals surface area contributed by atoms with E-state index in [1.54, 1.807) is 55.3 Å². The summed E-state index contributed by atoms with van der Waals surface area (Å²) < 4.78 is 13.3. The van der Waals surface area contributed by atoms with Crippen molar-refractivity contribution in [3.63, 3.8) is 0 Å². The number of aryl methyl sites for hydroxylation is 1. The highest BCUT2D eigenvalue weighted by Gasteiger charge is 2.14. The number of H-pyrrole nitrogens is 1. The Labute approximate surface area is 184 Å². The average Bonchev–Trinajstić information content (AvgIpc) is 3.46. The van der Waals surface area contributed by atoms with E-state index in [1.807, 2.05) is 30.3 Å². The van der Waals surface area contributed by atoms with Gasteiger partial charge in [-0.3, -0.25) is 14.6 Å². The van der Waals surface area contributed by atoms with Gasteiger partial charge in [-0.1, -0.05) is 0 Å². The Morgan fingerprint density at radius 1 is 1.12 bits per heavy atom. The van der Waals surface area contributed by atoms with Crippen LogP contribution in [-0.2, 0) is 7.05 Å². The maximum Gasteiger partial charge on any atom is 0.257 e. The van der Waals surface area contributed by atoms with Crippen LogP contribution in [0.25, 0.3) is 11.3 Å². The highest BCUT2D eigenvalue weighted by Crippen LogP contribution is 2.30. The van der Waals surface area contributed by atoms with Gasteiger partial charge in [-0.25, -0.2) is 0 Å². The summed E-state index contributed by atoms with van der Waals surface area (Å²) in [6.45, 7) is 1.57. The number of nitrogens with one attached hydrogen (secondary N) is 2. The third kappa shape index (κ3) is 5.13. The van der Waals surface area contributed by atoms with Gasteiger partial charge in [0.05, 0.1) is 12.3 Å². The van der Waals surface area contributed by atoms with E-state index in [9.17, 15) is 9.90 Å². The number of nitrogens with zero attached hydrogens (tertiary/aromatic N) is 3. The van der Waals surface area contributed by atoms with E-state index >= 15 is 0 Å². The van der Waals surface area contributed by atoms with Gasteiger partial charge in [0.25, 0.3) is 5.91 Å². The van der Waals surface area contributed by atoms with E-state index in [0.717, 1.165) is 11.3 Å². The first-order valence-electron chi connectivity index (χ1n) is 10.0. The minimum absolute atomic E-state index is 0.157. The summed E-state index contributed by atoms with van der Waals surface area (Å²) in [7, 11) is 1.77. The van der Waals surface area contributed by atoms with Crippen LogP contribution in [0.5, 0.6) is 17.2 Å². The molecule has 0 aliphatic heterocycles. The third-order valence-corrected chi connectivity index (χ3v) is 4.59. The zero-order valence-corrected chi connectivity index (χ0v) is 17.6. The highest BCUT2D eigenvalue weighted by atomic mass is 16.5. The van der Waals surface area contributed by atoms with Crippen molar-refractivity contribution in [2.45, 2.75) is 13.0 Å². The third-order valence-electron chi connectivity index (χ3n) is 4.59. The second-order valence-corrected chi connectivity index (χ2v) is 7.23. The van der Waals surface area contributed by atoms with Crippen LogP contribution in [0, 0.1) is 0 Å². The SMILES string of the molecule is C[C@@H](CO)Oc1cc(Oc2ccc(-c3ccn[nH]3)cc2)cc(C(=O)Nc2ccn(C)n2)c1. The standard InChI is InChI=1S/C23H23N5O4/c1-15(14-29)31-19-11-17(23(30)25-22-8-10-28(2)27-22)12-20(13-19)32-18-5-3-16(4-6-18)21-7-9-24-26-21/h3-13,15,29H,14H2,1-2H3,(H,24,26)(H,25,27,30)/t15-/m0/s1. The fourth-order valence-electron chi connectivity index (χ4n) is 3.02. The lowest BCUT2D eigenvalue weighted by atomic mass is 10.1. The molecule has 32 heavy (non-hydrogen) atoms. The lowest BCUT2D eigenvalue weighted by Gasteiger charge is -2.15. The van der Waals surface area contributed by atoms with Crippen LogP contribution in [0.4, 0.5) is 5.82 Å². The molecule has 164 valence electrons. The van der Waals surface area contributed by atoms with Gasteiger partial charge in [0.15, 0.2) is 5.82 Å². The van der Waals surface area contributed by atoms with Gasteiger partial charge in [0.2, 0.25) is 0 Å². The van der Waals surface area contributed by atoms with E-state index in [2.05, 4.69) is 20.6 Å². The van der Waals surface area contributed by atoms with Crippen LogP contribution in [0.15, 0.2) is 67.0 Å². The number of carbonyl (C=O) groups is 1. The maximum atomic E-state index is 12.8. The van der Waals surface area contributed by atoms with Gasteiger partial charge in [0.1, 0.15) is 23.4 Å². The fourth-order valence-corrected chi connectivity index (χ4v) is 3.02. The van der Waals surface area contributed by atoms with Crippen LogP contribution in [0.3, 0.4) is 0 Å². The van der Waals surface area contributed by atoms with E-state index < -0.39 is 6.10 Å². The molecule has 2 aromatic heterocycles. The molecule has 4 aromatic rings. The maximum absolute atomic E-state index is 12.8. The number of aromatic nitrogens is 4. The molecule has 0 spiro atoms. The van der Waals surface area contributed by atoms with Crippen molar-refractivity contribution in [1.82, 2.24) is 20.0 Å². The minimum Gasteiger partial charge on any atom is -0.488 e. The molecule has 0 bridgehead atoms. The molecule has 0 radical (unpaired) electrons. The first-order valence-corrected chi connectivity index (χ1v) is 10.0. The molecule has 0 unspecified atom stereocenters. The lowest BCUT2D eigenvalue weighted by Crippen LogP contribution is -2.17. The molecule has 0 aliphatic rings. The number of rotatable bonds is 8. The quantitative estimate of drug-likeness (QED) is 0.391. The number of aromatic amines is 1. The molecule has 4 rings (SSSR count). The summed E-state index contributed by atoms with van der Waals surface area (Å²) >= 11 is 0. The highest BCUT2D eigenvalue weighted by molar-refractivity contribution is 6.04. The fraction of sp³-hybridized carbons (Fsp3) is 0.174. The summed E-state index contributed by atoms with van der Waals surface area (Å²) in [6.07, 6.45) is 2.99. The van der Waals surface area contributed by atoms with Gasteiger partial charge in [0, 0.05) is 37.1 Å². The number of aliphatic hydroxyl groups is 1. The van der Waals surface area contributed by atoms with Crippen molar-refractivity contribution in [3.8, 4) is 28.5 Å². The summed E-state index contributed by atoms with van der Waals surface area (Å²) in [4.78, 5) is 12.8. The molecule has 0 aliphatic carbocycles. The second kappa shape index (κ2) is 9.36. The van der Waals surface area contributed by atoms with E-state index in [0.29, 0.717) is 28.6 Å². The second-order valence-electron chi connectivity index (χ2n) is 7.23. The smallest absolute Gasteiger partial charge is 0.257 e. The normalized spacial score (nSPS) is 11.7. The van der Waals surface area contributed by atoms with E-state index in [-0.39, 0.29) is 12.5 Å². The van der Waals surface area contributed by atoms with E-state index in [4.69, 9.17) is 9.47 Å². The van der Waals surface area contributed by atoms with Gasteiger partial charge < -0.3 is 19.9 Å². The number of anilines is 1. The van der Waals surface area contributed by atoms with Gasteiger partial charge in [-0.15, -0.1) is 0 Å². The molecule has 9 nitrogen and oxygen atoms in total. The molecular formula is C23H23N5O4. The van der Waals surface area contributed by atoms with E-state index in [1.165, 1.54) is 0 Å². The zero-order valence-electron chi connectivity index (χ0n) is 17.6.